The van der Waals surface area contributed by atoms with Crippen LogP contribution in [0.25, 0.3) is 5.65 Å². The van der Waals surface area contributed by atoms with E-state index in [9.17, 15) is 4.79 Å². The Morgan fingerprint density at radius 1 is 1.15 bits per heavy atom. The van der Waals surface area contributed by atoms with Crippen LogP contribution in [0.5, 0.6) is 0 Å². The fraction of sp³-hybridized carbons (Fsp3) is 0.360. The van der Waals surface area contributed by atoms with Crippen LogP contribution in [0.4, 0.5) is 5.69 Å². The van der Waals surface area contributed by atoms with Crippen molar-refractivity contribution in [2.45, 2.75) is 45.2 Å². The summed E-state index contributed by atoms with van der Waals surface area (Å²) in [6.07, 6.45) is 4.09. The number of ether oxygens (including phenoxy) is 1. The Hall–Kier alpha value is -3.23. The number of hydrogen-bond donors (Lipinski definition) is 0. The van der Waals surface area contributed by atoms with Gasteiger partial charge in [-0.2, -0.15) is 5.10 Å². The number of fused-ring (bicyclic) bond motifs is 2. The fourth-order valence-electron chi connectivity index (χ4n) is 4.94. The van der Waals surface area contributed by atoms with E-state index in [4.69, 9.17) is 21.4 Å². The van der Waals surface area contributed by atoms with E-state index in [1.54, 1.807) is 7.11 Å². The van der Waals surface area contributed by atoms with Crippen LogP contribution in [0.15, 0.2) is 36.5 Å². The molecule has 9 heteroatoms. The van der Waals surface area contributed by atoms with Crippen molar-refractivity contribution in [2.75, 3.05) is 18.6 Å². The lowest BCUT2D eigenvalue weighted by atomic mass is 10.0. The van der Waals surface area contributed by atoms with E-state index in [1.807, 2.05) is 64.4 Å². The highest BCUT2D eigenvalue weighted by atomic mass is 35.5. The molecule has 0 saturated heterocycles. The maximum atomic E-state index is 14.1. The van der Waals surface area contributed by atoms with E-state index < -0.39 is 0 Å². The highest BCUT2D eigenvalue weighted by Crippen LogP contribution is 2.49. The summed E-state index contributed by atoms with van der Waals surface area (Å²) in [6.45, 7) is 5.01. The minimum atomic E-state index is -0.328. The first kappa shape index (κ1) is 21.3. The lowest BCUT2D eigenvalue weighted by Gasteiger charge is -2.27. The van der Waals surface area contributed by atoms with Crippen molar-refractivity contribution in [1.29, 1.82) is 0 Å². The molecule has 1 aliphatic heterocycles. The summed E-state index contributed by atoms with van der Waals surface area (Å²) >= 11 is 6.21. The molecule has 0 radical (unpaired) electrons. The number of carbonyl (C=O) groups excluding carboxylic acids is 1. The fourth-order valence-corrected chi connectivity index (χ4v) is 5.07. The second-order valence-corrected chi connectivity index (χ2v) is 9.52. The number of hydrogen-bond acceptors (Lipinski definition) is 5. The van der Waals surface area contributed by atoms with Crippen LogP contribution in [0.3, 0.4) is 0 Å². The second kappa shape index (κ2) is 7.92. The van der Waals surface area contributed by atoms with Crippen LogP contribution in [0.1, 0.15) is 63.5 Å². The van der Waals surface area contributed by atoms with Crippen molar-refractivity contribution >= 4 is 28.8 Å². The summed E-state index contributed by atoms with van der Waals surface area (Å²) in [5.74, 6) is 1.10. The molecular weight excluding hydrogens is 452 g/mol. The number of anilines is 1. The highest BCUT2D eigenvalue weighted by Gasteiger charge is 2.47. The molecule has 6 rings (SSSR count). The Labute approximate surface area is 202 Å². The van der Waals surface area contributed by atoms with Crippen LogP contribution < -0.4 is 4.90 Å². The second-order valence-electron chi connectivity index (χ2n) is 9.09. The molecule has 0 N–H and O–H groups in total. The SMILES string of the molecule is COCCn1nc(C2CC2)c2c1[C@H](c1ccc(Cl)cc1)N(c1cc(C)c3nnc(C)n3c1)C2=O. The molecular formula is C25H25ClN6O2. The number of amides is 1. The molecule has 174 valence electrons. The summed E-state index contributed by atoms with van der Waals surface area (Å²) < 4.78 is 9.27. The molecule has 1 aliphatic carbocycles. The number of aromatic nitrogens is 5. The molecule has 3 aromatic heterocycles. The first-order chi connectivity index (χ1) is 16.5. The number of benzene rings is 1. The molecule has 1 atom stereocenters. The number of halogens is 1. The van der Waals surface area contributed by atoms with Crippen LogP contribution in [-0.4, -0.2) is 44.0 Å². The van der Waals surface area contributed by atoms with Crippen LogP contribution in [0.2, 0.25) is 5.02 Å². The Kier molecular flexibility index (Phi) is 4.97. The van der Waals surface area contributed by atoms with E-state index in [0.717, 1.165) is 58.1 Å². The van der Waals surface area contributed by atoms with Crippen molar-refractivity contribution in [3.63, 3.8) is 0 Å². The van der Waals surface area contributed by atoms with Gasteiger partial charge in [-0.05, 0) is 56.0 Å². The standard InChI is InChI=1S/C25H25ClN6O2/c1-14-12-19(13-30-15(2)27-28-24(14)30)32-22(17-6-8-18(26)9-7-17)23-20(25(32)33)21(16-4-5-16)29-31(23)10-11-34-3/h6-9,12-13,16,22H,4-5,10-11H2,1-3H3/t22-/m0/s1. The molecule has 0 bridgehead atoms. The van der Waals surface area contributed by atoms with Gasteiger partial charge >= 0.3 is 0 Å². The van der Waals surface area contributed by atoms with Crippen molar-refractivity contribution in [1.82, 2.24) is 24.4 Å². The third-order valence-electron chi connectivity index (χ3n) is 6.75. The normalized spacial score (nSPS) is 17.7. The molecule has 1 aromatic carbocycles. The molecule has 1 saturated carbocycles. The third-order valence-corrected chi connectivity index (χ3v) is 7.00. The van der Waals surface area contributed by atoms with Crippen LogP contribution in [0, 0.1) is 13.8 Å². The predicted octanol–water partition coefficient (Wildman–Crippen LogP) is 4.47. The zero-order valence-electron chi connectivity index (χ0n) is 19.3. The maximum absolute atomic E-state index is 14.1. The number of rotatable bonds is 6. The van der Waals surface area contributed by atoms with Gasteiger partial charge in [-0.25, -0.2) is 0 Å². The van der Waals surface area contributed by atoms with Gasteiger partial charge < -0.3 is 4.74 Å². The molecule has 0 unspecified atom stereocenters. The lowest BCUT2D eigenvalue weighted by molar-refractivity contribution is 0.0992. The van der Waals surface area contributed by atoms with Gasteiger partial charge in [0.25, 0.3) is 5.91 Å². The minimum absolute atomic E-state index is 0.0232. The van der Waals surface area contributed by atoms with Gasteiger partial charge in [0.1, 0.15) is 11.9 Å². The van der Waals surface area contributed by atoms with Gasteiger partial charge in [-0.1, -0.05) is 23.7 Å². The Balaban J connectivity index is 1.58. The molecule has 4 heterocycles. The zero-order chi connectivity index (χ0) is 23.6. The molecule has 1 amide bonds. The number of aryl methyl sites for hydroxylation is 2. The number of carbonyl (C=O) groups is 1. The number of methoxy groups -OCH3 is 1. The zero-order valence-corrected chi connectivity index (χ0v) is 20.1. The first-order valence-corrected chi connectivity index (χ1v) is 11.9. The van der Waals surface area contributed by atoms with Crippen molar-refractivity contribution in [3.8, 4) is 0 Å². The van der Waals surface area contributed by atoms with Gasteiger partial charge in [0, 0.05) is 24.2 Å². The van der Waals surface area contributed by atoms with E-state index in [2.05, 4.69) is 10.2 Å². The molecule has 0 spiro atoms. The summed E-state index contributed by atoms with van der Waals surface area (Å²) in [5, 5.41) is 14.1. The van der Waals surface area contributed by atoms with Crippen LogP contribution in [-0.2, 0) is 11.3 Å². The monoisotopic (exact) mass is 476 g/mol. The summed E-state index contributed by atoms with van der Waals surface area (Å²) in [4.78, 5) is 16.0. The summed E-state index contributed by atoms with van der Waals surface area (Å²) in [7, 11) is 1.68. The van der Waals surface area contributed by atoms with Crippen molar-refractivity contribution in [2.24, 2.45) is 0 Å². The van der Waals surface area contributed by atoms with Gasteiger partial charge in [-0.3, -0.25) is 18.8 Å². The van der Waals surface area contributed by atoms with Crippen LogP contribution >= 0.6 is 11.6 Å². The molecule has 34 heavy (non-hydrogen) atoms. The van der Waals surface area contributed by atoms with Gasteiger partial charge in [-0.15, -0.1) is 10.2 Å². The topological polar surface area (TPSA) is 77.6 Å². The van der Waals surface area contributed by atoms with Gasteiger partial charge in [0.05, 0.1) is 35.8 Å². The van der Waals surface area contributed by atoms with Gasteiger partial charge in [0.15, 0.2) is 5.65 Å². The van der Waals surface area contributed by atoms with Gasteiger partial charge in [0.2, 0.25) is 0 Å². The number of pyridine rings is 1. The van der Waals surface area contributed by atoms with E-state index in [0.29, 0.717) is 24.1 Å². The first-order valence-electron chi connectivity index (χ1n) is 11.5. The summed E-state index contributed by atoms with van der Waals surface area (Å²) in [6, 6.07) is 9.40. The van der Waals surface area contributed by atoms with E-state index in [-0.39, 0.29) is 11.9 Å². The average molecular weight is 477 g/mol. The molecule has 8 nitrogen and oxygen atoms in total. The number of nitrogens with zero attached hydrogens (tertiary/aromatic N) is 6. The van der Waals surface area contributed by atoms with Crippen molar-refractivity contribution < 1.29 is 9.53 Å². The molecule has 1 fully saturated rings. The van der Waals surface area contributed by atoms with Crippen molar-refractivity contribution in [3.05, 3.63) is 75.5 Å². The highest BCUT2D eigenvalue weighted by molar-refractivity contribution is 6.30. The predicted molar refractivity (Wildman–Crippen MR) is 129 cm³/mol. The maximum Gasteiger partial charge on any atom is 0.263 e. The average Bonchev–Trinajstić information content (AvgIpc) is 3.41. The summed E-state index contributed by atoms with van der Waals surface area (Å²) in [5.41, 5.74) is 6.10. The third kappa shape index (κ3) is 3.24. The quantitative estimate of drug-likeness (QED) is 0.410. The minimum Gasteiger partial charge on any atom is -0.383 e. The van der Waals surface area contributed by atoms with E-state index in [1.165, 1.54) is 0 Å². The lowest BCUT2D eigenvalue weighted by Crippen LogP contribution is -2.31. The van der Waals surface area contributed by atoms with E-state index >= 15 is 0 Å². The smallest absolute Gasteiger partial charge is 0.263 e. The molecule has 4 aromatic rings. The Bertz CT molecular complexity index is 1420. The Morgan fingerprint density at radius 3 is 2.62 bits per heavy atom. The largest absolute Gasteiger partial charge is 0.383 e. The molecule has 2 aliphatic rings. The Morgan fingerprint density at radius 2 is 1.91 bits per heavy atom.